The minimum absolute atomic E-state index is 1.12. The van der Waals surface area contributed by atoms with Gasteiger partial charge in [-0.1, -0.05) is 49.7 Å². The summed E-state index contributed by atoms with van der Waals surface area (Å²) in [6.07, 6.45) is 5.45. The molecule has 0 unspecified atom stereocenters. The molecule has 0 aliphatic carbocycles. The summed E-state index contributed by atoms with van der Waals surface area (Å²) in [5.41, 5.74) is 3.71. The predicted octanol–water partition coefficient (Wildman–Crippen LogP) is 4.09. The molecule has 2 rings (SSSR count). The molecule has 0 bridgehead atoms. The molecule has 0 aliphatic heterocycles. The van der Waals surface area contributed by atoms with E-state index < -0.39 is 0 Å². The highest BCUT2D eigenvalue weighted by molar-refractivity contribution is 5.62. The fourth-order valence-corrected chi connectivity index (χ4v) is 1.86. The van der Waals surface area contributed by atoms with Crippen LogP contribution in [0.3, 0.4) is 0 Å². The van der Waals surface area contributed by atoms with Crippen LogP contribution in [0.4, 0.5) is 0 Å². The van der Waals surface area contributed by atoms with E-state index in [1.165, 1.54) is 24.0 Å². The fraction of sp³-hybridized carbons (Fsp3) is 0.267. The molecule has 1 heteroatoms. The molecule has 16 heavy (non-hydrogen) atoms. The van der Waals surface area contributed by atoms with Gasteiger partial charge in [0.05, 0.1) is 5.69 Å². The highest BCUT2D eigenvalue weighted by Crippen LogP contribution is 2.21. The first-order chi connectivity index (χ1) is 7.92. The van der Waals surface area contributed by atoms with Gasteiger partial charge in [-0.3, -0.25) is 4.98 Å². The van der Waals surface area contributed by atoms with Crippen LogP contribution in [-0.2, 0) is 6.42 Å². The number of rotatable bonds is 4. The van der Waals surface area contributed by atoms with Crippen LogP contribution < -0.4 is 0 Å². The molecular formula is C15H17N. The van der Waals surface area contributed by atoms with Crippen molar-refractivity contribution in [2.45, 2.75) is 26.2 Å². The minimum atomic E-state index is 1.12. The monoisotopic (exact) mass is 211 g/mol. The molecule has 82 valence electrons. The van der Waals surface area contributed by atoms with E-state index >= 15 is 0 Å². The quantitative estimate of drug-likeness (QED) is 0.742. The fourth-order valence-electron chi connectivity index (χ4n) is 1.86. The Kier molecular flexibility index (Phi) is 3.71. The normalized spacial score (nSPS) is 10.3. The van der Waals surface area contributed by atoms with Crippen molar-refractivity contribution in [3.63, 3.8) is 0 Å². The molecule has 0 radical (unpaired) electrons. The molecule has 1 aromatic heterocycles. The molecule has 0 spiro atoms. The van der Waals surface area contributed by atoms with Crippen LogP contribution in [-0.4, -0.2) is 4.98 Å². The third-order valence-corrected chi connectivity index (χ3v) is 2.74. The van der Waals surface area contributed by atoms with Gasteiger partial charge in [-0.2, -0.15) is 0 Å². The molecule has 1 aromatic carbocycles. The predicted molar refractivity (Wildman–Crippen MR) is 68.3 cm³/mol. The summed E-state index contributed by atoms with van der Waals surface area (Å²) in [6.45, 7) is 2.22. The lowest BCUT2D eigenvalue weighted by Crippen LogP contribution is -1.92. The Bertz CT molecular complexity index is 434. The maximum absolute atomic E-state index is 4.50. The van der Waals surface area contributed by atoms with Crippen molar-refractivity contribution in [1.29, 1.82) is 0 Å². The summed E-state index contributed by atoms with van der Waals surface area (Å²) in [6, 6.07) is 14.6. The van der Waals surface area contributed by atoms with Crippen LogP contribution in [0.25, 0.3) is 11.3 Å². The second-order valence-corrected chi connectivity index (χ2v) is 3.98. The summed E-state index contributed by atoms with van der Waals surface area (Å²) >= 11 is 0. The van der Waals surface area contributed by atoms with Crippen LogP contribution in [0.1, 0.15) is 25.3 Å². The van der Waals surface area contributed by atoms with Gasteiger partial charge in [-0.25, -0.2) is 0 Å². The summed E-state index contributed by atoms with van der Waals surface area (Å²) in [5, 5.41) is 0. The number of aromatic nitrogens is 1. The Labute approximate surface area is 97.2 Å². The summed E-state index contributed by atoms with van der Waals surface area (Å²) in [5.74, 6) is 0. The van der Waals surface area contributed by atoms with Gasteiger partial charge in [0.25, 0.3) is 0 Å². The lowest BCUT2D eigenvalue weighted by Gasteiger charge is -2.07. The average molecular weight is 211 g/mol. The Morgan fingerprint density at radius 1 is 1.00 bits per heavy atom. The van der Waals surface area contributed by atoms with Crippen LogP contribution in [0.15, 0.2) is 48.7 Å². The van der Waals surface area contributed by atoms with Gasteiger partial charge < -0.3 is 0 Å². The zero-order valence-electron chi connectivity index (χ0n) is 9.69. The Hall–Kier alpha value is -1.63. The van der Waals surface area contributed by atoms with E-state index in [0.717, 1.165) is 12.1 Å². The maximum atomic E-state index is 4.50. The standard InChI is InChI=1S/C15H17N/c1-2-3-8-13-11-7-12-16-15(13)14-9-5-4-6-10-14/h4-7,9-12H,2-3,8H2,1H3. The van der Waals surface area contributed by atoms with Gasteiger partial charge in [0.15, 0.2) is 0 Å². The van der Waals surface area contributed by atoms with Crippen molar-refractivity contribution in [2.24, 2.45) is 0 Å². The van der Waals surface area contributed by atoms with Crippen LogP contribution >= 0.6 is 0 Å². The molecule has 0 atom stereocenters. The molecular weight excluding hydrogens is 194 g/mol. The summed E-state index contributed by atoms with van der Waals surface area (Å²) in [4.78, 5) is 4.50. The molecule has 0 aliphatic rings. The highest BCUT2D eigenvalue weighted by atomic mass is 14.7. The molecule has 1 nitrogen and oxygen atoms in total. The van der Waals surface area contributed by atoms with Crippen LogP contribution in [0, 0.1) is 0 Å². The van der Waals surface area contributed by atoms with Gasteiger partial charge in [-0.05, 0) is 24.5 Å². The van der Waals surface area contributed by atoms with Crippen LogP contribution in [0.2, 0.25) is 0 Å². The second-order valence-electron chi connectivity index (χ2n) is 3.98. The molecule has 2 aromatic rings. The molecule has 0 fully saturated rings. The van der Waals surface area contributed by atoms with E-state index in [-0.39, 0.29) is 0 Å². The van der Waals surface area contributed by atoms with E-state index in [1.54, 1.807) is 0 Å². The molecule has 0 saturated carbocycles. The zero-order chi connectivity index (χ0) is 11.2. The first kappa shape index (κ1) is 10.9. The Morgan fingerprint density at radius 2 is 1.81 bits per heavy atom. The van der Waals surface area contributed by atoms with E-state index in [1.807, 2.05) is 18.3 Å². The maximum Gasteiger partial charge on any atom is 0.0733 e. The highest BCUT2D eigenvalue weighted by Gasteiger charge is 2.04. The first-order valence-corrected chi connectivity index (χ1v) is 5.91. The van der Waals surface area contributed by atoms with Crippen molar-refractivity contribution in [2.75, 3.05) is 0 Å². The number of hydrogen-bond donors (Lipinski definition) is 0. The Morgan fingerprint density at radius 3 is 2.56 bits per heavy atom. The van der Waals surface area contributed by atoms with Crippen molar-refractivity contribution in [3.8, 4) is 11.3 Å². The SMILES string of the molecule is CCCCc1cccnc1-c1ccccc1. The summed E-state index contributed by atoms with van der Waals surface area (Å²) < 4.78 is 0. The molecule has 1 heterocycles. The number of nitrogens with zero attached hydrogens (tertiary/aromatic N) is 1. The van der Waals surface area contributed by atoms with Crippen LogP contribution in [0.5, 0.6) is 0 Å². The van der Waals surface area contributed by atoms with Gasteiger partial charge >= 0.3 is 0 Å². The average Bonchev–Trinajstić information content (AvgIpc) is 2.38. The smallest absolute Gasteiger partial charge is 0.0733 e. The molecule has 0 N–H and O–H groups in total. The van der Waals surface area contributed by atoms with Gasteiger partial charge in [0, 0.05) is 11.8 Å². The van der Waals surface area contributed by atoms with E-state index in [2.05, 4.69) is 42.2 Å². The number of benzene rings is 1. The van der Waals surface area contributed by atoms with Crippen molar-refractivity contribution in [1.82, 2.24) is 4.98 Å². The van der Waals surface area contributed by atoms with Crippen molar-refractivity contribution >= 4 is 0 Å². The topological polar surface area (TPSA) is 12.9 Å². The van der Waals surface area contributed by atoms with E-state index in [0.29, 0.717) is 0 Å². The summed E-state index contributed by atoms with van der Waals surface area (Å²) in [7, 11) is 0. The Balaban J connectivity index is 2.33. The third-order valence-electron chi connectivity index (χ3n) is 2.74. The van der Waals surface area contributed by atoms with Gasteiger partial charge in [0.2, 0.25) is 0 Å². The van der Waals surface area contributed by atoms with E-state index in [9.17, 15) is 0 Å². The minimum Gasteiger partial charge on any atom is -0.256 e. The number of unbranched alkanes of at least 4 members (excludes halogenated alkanes) is 1. The number of hydrogen-bond acceptors (Lipinski definition) is 1. The lowest BCUT2D eigenvalue weighted by atomic mass is 10.0. The molecule has 0 amide bonds. The number of aryl methyl sites for hydroxylation is 1. The van der Waals surface area contributed by atoms with Gasteiger partial charge in [0.1, 0.15) is 0 Å². The lowest BCUT2D eigenvalue weighted by molar-refractivity contribution is 0.793. The first-order valence-electron chi connectivity index (χ1n) is 5.91. The number of pyridine rings is 1. The van der Waals surface area contributed by atoms with E-state index in [4.69, 9.17) is 0 Å². The largest absolute Gasteiger partial charge is 0.256 e. The third kappa shape index (κ3) is 2.48. The van der Waals surface area contributed by atoms with Crippen molar-refractivity contribution < 1.29 is 0 Å². The second kappa shape index (κ2) is 5.45. The van der Waals surface area contributed by atoms with Crippen molar-refractivity contribution in [3.05, 3.63) is 54.2 Å². The van der Waals surface area contributed by atoms with Gasteiger partial charge in [-0.15, -0.1) is 0 Å². The zero-order valence-corrected chi connectivity index (χ0v) is 9.69. The molecule has 0 saturated heterocycles.